The van der Waals surface area contributed by atoms with Crippen LogP contribution >= 0.6 is 0 Å². The first-order chi connectivity index (χ1) is 9.81. The lowest BCUT2D eigenvalue weighted by molar-refractivity contribution is 1.26. The number of benzene rings is 2. The van der Waals surface area contributed by atoms with Gasteiger partial charge in [-0.15, -0.1) is 0 Å². The quantitative estimate of drug-likeness (QED) is 0.527. The van der Waals surface area contributed by atoms with Crippen LogP contribution < -0.4 is 0 Å². The summed E-state index contributed by atoms with van der Waals surface area (Å²) in [4.78, 5) is 7.94. The Morgan fingerprint density at radius 3 is 2.75 bits per heavy atom. The lowest BCUT2D eigenvalue weighted by Gasteiger charge is -2.03. The van der Waals surface area contributed by atoms with E-state index >= 15 is 0 Å². The number of nitrogens with one attached hydrogen (secondary N) is 1. The number of aryl methyl sites for hydroxylation is 1. The van der Waals surface area contributed by atoms with E-state index in [9.17, 15) is 0 Å². The van der Waals surface area contributed by atoms with Crippen molar-refractivity contribution in [2.75, 3.05) is 0 Å². The highest BCUT2D eigenvalue weighted by Gasteiger charge is 2.06. The predicted octanol–water partition coefficient (Wildman–Crippen LogP) is 4.69. The van der Waals surface area contributed by atoms with Crippen molar-refractivity contribution in [2.24, 2.45) is 0 Å². The molecule has 0 amide bonds. The van der Waals surface area contributed by atoms with Crippen LogP contribution in [0.2, 0.25) is 0 Å². The molecule has 0 atom stereocenters. The fourth-order valence-corrected chi connectivity index (χ4v) is 2.70. The van der Waals surface area contributed by atoms with Crippen molar-refractivity contribution in [2.45, 2.75) is 6.92 Å². The van der Waals surface area contributed by atoms with Crippen LogP contribution in [0.4, 0.5) is 0 Å². The van der Waals surface area contributed by atoms with Crippen molar-refractivity contribution >= 4 is 21.8 Å². The maximum absolute atomic E-state index is 4.62. The minimum Gasteiger partial charge on any atom is -0.361 e. The molecule has 2 heterocycles. The van der Waals surface area contributed by atoms with Crippen molar-refractivity contribution in [1.82, 2.24) is 9.97 Å². The van der Waals surface area contributed by atoms with E-state index in [1.807, 2.05) is 19.1 Å². The molecule has 0 radical (unpaired) electrons. The number of para-hydroxylation sites is 1. The van der Waals surface area contributed by atoms with E-state index in [4.69, 9.17) is 0 Å². The smallest absolute Gasteiger partial charge is 0.0711 e. The second-order valence-corrected chi connectivity index (χ2v) is 5.11. The molecule has 0 spiro atoms. The van der Waals surface area contributed by atoms with Gasteiger partial charge in [-0.05, 0) is 30.7 Å². The highest BCUT2D eigenvalue weighted by Crippen LogP contribution is 2.30. The van der Waals surface area contributed by atoms with Gasteiger partial charge in [0, 0.05) is 33.7 Å². The zero-order valence-corrected chi connectivity index (χ0v) is 11.2. The summed E-state index contributed by atoms with van der Waals surface area (Å²) in [6, 6.07) is 19.0. The average molecular weight is 258 g/mol. The lowest BCUT2D eigenvalue weighted by Crippen LogP contribution is -1.84. The number of H-pyrrole nitrogens is 1. The third kappa shape index (κ3) is 1.69. The van der Waals surface area contributed by atoms with Gasteiger partial charge in [-0.1, -0.05) is 36.4 Å². The van der Waals surface area contributed by atoms with Crippen LogP contribution in [-0.2, 0) is 0 Å². The summed E-state index contributed by atoms with van der Waals surface area (Å²) in [5.74, 6) is 0. The monoisotopic (exact) mass is 258 g/mol. The van der Waals surface area contributed by atoms with Crippen molar-refractivity contribution in [1.29, 1.82) is 0 Å². The molecule has 0 unspecified atom stereocenters. The summed E-state index contributed by atoms with van der Waals surface area (Å²) in [6.07, 6.45) is 2.07. The Morgan fingerprint density at radius 1 is 0.950 bits per heavy atom. The molecule has 0 aliphatic carbocycles. The molecule has 0 saturated carbocycles. The van der Waals surface area contributed by atoms with E-state index in [2.05, 4.69) is 58.6 Å². The maximum atomic E-state index is 4.62. The molecule has 0 saturated heterocycles. The van der Waals surface area contributed by atoms with Crippen molar-refractivity contribution < 1.29 is 0 Å². The van der Waals surface area contributed by atoms with Crippen molar-refractivity contribution in [3.8, 4) is 11.1 Å². The minimum atomic E-state index is 1.05. The molecule has 0 aliphatic rings. The van der Waals surface area contributed by atoms with E-state index in [1.54, 1.807) is 0 Å². The van der Waals surface area contributed by atoms with Crippen molar-refractivity contribution in [3.63, 3.8) is 0 Å². The molecule has 2 heteroatoms. The van der Waals surface area contributed by atoms with Gasteiger partial charge < -0.3 is 4.98 Å². The molecule has 2 aromatic heterocycles. The van der Waals surface area contributed by atoms with E-state index < -0.39 is 0 Å². The zero-order valence-electron chi connectivity index (χ0n) is 11.2. The van der Waals surface area contributed by atoms with Gasteiger partial charge in [0.15, 0.2) is 0 Å². The number of nitrogens with zero attached hydrogens (tertiary/aromatic N) is 1. The lowest BCUT2D eigenvalue weighted by atomic mass is 10.0. The van der Waals surface area contributed by atoms with Gasteiger partial charge in [0.25, 0.3) is 0 Å². The van der Waals surface area contributed by atoms with Crippen molar-refractivity contribution in [3.05, 3.63) is 66.5 Å². The van der Waals surface area contributed by atoms with Gasteiger partial charge in [0.05, 0.1) is 5.52 Å². The molecule has 0 aliphatic heterocycles. The maximum Gasteiger partial charge on any atom is 0.0711 e. The van der Waals surface area contributed by atoms with Crippen LogP contribution in [0.25, 0.3) is 32.9 Å². The molecule has 96 valence electrons. The first-order valence-corrected chi connectivity index (χ1v) is 6.75. The van der Waals surface area contributed by atoms with Gasteiger partial charge in [0.1, 0.15) is 0 Å². The molecule has 2 nitrogen and oxygen atoms in total. The van der Waals surface area contributed by atoms with Gasteiger partial charge in [0.2, 0.25) is 0 Å². The highest BCUT2D eigenvalue weighted by molar-refractivity contribution is 5.97. The number of rotatable bonds is 1. The van der Waals surface area contributed by atoms with Crippen LogP contribution in [0.3, 0.4) is 0 Å². The first kappa shape index (κ1) is 11.2. The third-order valence-corrected chi connectivity index (χ3v) is 3.73. The Balaban J connectivity index is 1.97. The topological polar surface area (TPSA) is 28.7 Å². The van der Waals surface area contributed by atoms with Crippen LogP contribution in [-0.4, -0.2) is 9.97 Å². The Morgan fingerprint density at radius 2 is 1.80 bits per heavy atom. The van der Waals surface area contributed by atoms with Crippen LogP contribution in [0.5, 0.6) is 0 Å². The standard InChI is InChI=1S/C18H14N2/c1-12-6-7-13-8-9-14(10-18(13)20-12)16-11-19-17-5-3-2-4-15(16)17/h2-11,19H,1H3. The Labute approximate surface area is 117 Å². The first-order valence-electron chi connectivity index (χ1n) is 6.75. The van der Waals surface area contributed by atoms with Gasteiger partial charge in [-0.2, -0.15) is 0 Å². The number of hydrogen-bond acceptors (Lipinski definition) is 1. The molecule has 2 aromatic carbocycles. The molecule has 1 N–H and O–H groups in total. The van der Waals surface area contributed by atoms with Gasteiger partial charge >= 0.3 is 0 Å². The van der Waals surface area contributed by atoms with E-state index in [0.29, 0.717) is 0 Å². The fraction of sp³-hybridized carbons (Fsp3) is 0.0556. The minimum absolute atomic E-state index is 1.05. The molecule has 4 rings (SSSR count). The van der Waals surface area contributed by atoms with Gasteiger partial charge in [-0.25, -0.2) is 0 Å². The Bertz CT molecular complexity index is 919. The number of pyridine rings is 1. The molecule has 20 heavy (non-hydrogen) atoms. The Hall–Kier alpha value is -2.61. The number of aromatic amines is 1. The fourth-order valence-electron chi connectivity index (χ4n) is 2.70. The molecule has 0 fully saturated rings. The van der Waals surface area contributed by atoms with E-state index in [-0.39, 0.29) is 0 Å². The van der Waals surface area contributed by atoms with Gasteiger partial charge in [-0.3, -0.25) is 4.98 Å². The normalized spacial score (nSPS) is 11.2. The largest absolute Gasteiger partial charge is 0.361 e. The number of hydrogen-bond donors (Lipinski definition) is 1. The Kier molecular flexibility index (Phi) is 2.36. The summed E-state index contributed by atoms with van der Waals surface area (Å²) in [7, 11) is 0. The van der Waals surface area contributed by atoms with E-state index in [0.717, 1.165) is 11.2 Å². The second kappa shape index (κ2) is 4.20. The zero-order chi connectivity index (χ0) is 13.5. The summed E-state index contributed by atoms with van der Waals surface area (Å²) in [5, 5.41) is 2.43. The van der Waals surface area contributed by atoms with Crippen LogP contribution in [0.1, 0.15) is 5.69 Å². The SMILES string of the molecule is Cc1ccc2ccc(-c3c[nH]c4ccccc34)cc2n1. The molecule has 4 aromatic rings. The average Bonchev–Trinajstić information content (AvgIpc) is 2.90. The summed E-state index contributed by atoms with van der Waals surface area (Å²) in [6.45, 7) is 2.03. The number of aromatic nitrogens is 2. The highest BCUT2D eigenvalue weighted by atomic mass is 14.7. The predicted molar refractivity (Wildman–Crippen MR) is 83.8 cm³/mol. The summed E-state index contributed by atoms with van der Waals surface area (Å²) >= 11 is 0. The molecular weight excluding hydrogens is 244 g/mol. The van der Waals surface area contributed by atoms with E-state index in [1.165, 1.54) is 27.4 Å². The number of fused-ring (bicyclic) bond motifs is 2. The third-order valence-electron chi connectivity index (χ3n) is 3.73. The summed E-state index contributed by atoms with van der Waals surface area (Å²) in [5.41, 5.74) is 5.69. The molecule has 0 bridgehead atoms. The van der Waals surface area contributed by atoms with Crippen LogP contribution in [0, 0.1) is 6.92 Å². The summed E-state index contributed by atoms with van der Waals surface area (Å²) < 4.78 is 0. The second-order valence-electron chi connectivity index (χ2n) is 5.11. The molecular formula is C18H14N2. The van der Waals surface area contributed by atoms with Crippen LogP contribution in [0.15, 0.2) is 60.8 Å².